The lowest BCUT2D eigenvalue weighted by atomic mass is 9.98. The van der Waals surface area contributed by atoms with Crippen LogP contribution in [-0.2, 0) is 9.36 Å². The fraction of sp³-hybridized carbons (Fsp3) is 0.231. The van der Waals surface area contributed by atoms with Crippen LogP contribution in [0.25, 0.3) is 11.1 Å². The third kappa shape index (κ3) is 5.56. The molecule has 1 aliphatic rings. The van der Waals surface area contributed by atoms with Crippen LogP contribution in [0, 0.1) is 11.6 Å². The molecule has 3 amide bonds. The number of amides is 3. The number of carbonyl (C=O) groups is 2. The number of benzene rings is 3. The van der Waals surface area contributed by atoms with E-state index in [1.807, 2.05) is 0 Å². The van der Waals surface area contributed by atoms with Crippen LogP contribution in [0.1, 0.15) is 18.4 Å². The number of hydrogen-bond donors (Lipinski definition) is 2. The Labute approximate surface area is 221 Å². The number of rotatable bonds is 6. The lowest BCUT2D eigenvalue weighted by Crippen LogP contribution is -2.43. The van der Waals surface area contributed by atoms with E-state index in [0.29, 0.717) is 5.30 Å². The van der Waals surface area contributed by atoms with Gasteiger partial charge in [0.15, 0.2) is 5.82 Å². The van der Waals surface area contributed by atoms with Crippen LogP contribution in [-0.4, -0.2) is 37.9 Å². The molecular formula is C26H23ClF4N3O3P. The number of halogens is 5. The fourth-order valence-electron chi connectivity index (χ4n) is 4.37. The van der Waals surface area contributed by atoms with Gasteiger partial charge in [0.2, 0.25) is 5.91 Å². The van der Waals surface area contributed by atoms with Gasteiger partial charge in [-0.1, -0.05) is 41.9 Å². The number of nitrogens with zero attached hydrogens (tertiary/aromatic N) is 1. The van der Waals surface area contributed by atoms with Crippen molar-refractivity contribution in [3.05, 3.63) is 76.8 Å². The Bertz CT molecular complexity index is 1460. The van der Waals surface area contributed by atoms with Crippen molar-refractivity contribution >= 4 is 47.4 Å². The lowest BCUT2D eigenvalue weighted by molar-refractivity contribution is -0.118. The lowest BCUT2D eigenvalue weighted by Gasteiger charge is -2.22. The maximum atomic E-state index is 15.6. The molecule has 1 atom stereocenters. The van der Waals surface area contributed by atoms with Crippen LogP contribution in [0.5, 0.6) is 0 Å². The molecule has 1 saturated heterocycles. The van der Waals surface area contributed by atoms with E-state index in [4.69, 9.17) is 11.6 Å². The van der Waals surface area contributed by atoms with Gasteiger partial charge in [0.25, 0.3) is 6.43 Å². The van der Waals surface area contributed by atoms with E-state index in [1.54, 1.807) is 18.2 Å². The summed E-state index contributed by atoms with van der Waals surface area (Å²) in [7, 11) is -2.89. The Kier molecular flexibility index (Phi) is 7.85. The molecule has 12 heteroatoms. The van der Waals surface area contributed by atoms with E-state index in [0.717, 1.165) is 11.0 Å². The van der Waals surface area contributed by atoms with Gasteiger partial charge in [-0.3, -0.25) is 4.79 Å². The summed E-state index contributed by atoms with van der Waals surface area (Å²) in [4.78, 5) is 26.3. The minimum Gasteiger partial charge on any atom is -0.326 e. The highest BCUT2D eigenvalue weighted by Gasteiger charge is 2.37. The molecule has 1 heterocycles. The van der Waals surface area contributed by atoms with E-state index in [-0.39, 0.29) is 40.5 Å². The Balaban J connectivity index is 1.60. The van der Waals surface area contributed by atoms with Gasteiger partial charge >= 0.3 is 6.03 Å². The van der Waals surface area contributed by atoms with Gasteiger partial charge in [0.1, 0.15) is 19.0 Å². The normalized spacial score (nSPS) is 15.7. The van der Waals surface area contributed by atoms with E-state index in [1.165, 1.54) is 43.7 Å². The summed E-state index contributed by atoms with van der Waals surface area (Å²) in [5.74, 6) is -2.77. The molecule has 1 fully saturated rings. The fourth-order valence-corrected chi connectivity index (χ4v) is 5.75. The van der Waals surface area contributed by atoms with Crippen molar-refractivity contribution in [3.63, 3.8) is 0 Å². The summed E-state index contributed by atoms with van der Waals surface area (Å²) in [6, 6.07) is 10.4. The zero-order chi connectivity index (χ0) is 27.8. The van der Waals surface area contributed by atoms with Crippen LogP contribution in [0.15, 0.2) is 54.6 Å². The van der Waals surface area contributed by atoms with Gasteiger partial charge in [-0.2, -0.15) is 0 Å². The standard InChI is InChI=1S/C26H23ClF4N3O3P/c1-38(2,37)21-6-4-3-5-15(21)16-8-10-20(23(29)22(16)24(30)31)34-12-11-19(25(34)35)33-26(36)32-18-9-7-14(27)13-17(18)28/h3-10,13,19,24H,11-12H2,1-2H3,(H2,32,33,36)/t19-/m1/s1. The average Bonchev–Trinajstić information content (AvgIpc) is 3.19. The molecule has 0 spiro atoms. The molecule has 0 aliphatic carbocycles. The molecule has 3 aromatic rings. The van der Waals surface area contributed by atoms with Crippen molar-refractivity contribution in [2.75, 3.05) is 30.1 Å². The second-order valence-electron chi connectivity index (χ2n) is 9.08. The van der Waals surface area contributed by atoms with Crippen molar-refractivity contribution in [1.29, 1.82) is 0 Å². The maximum Gasteiger partial charge on any atom is 0.319 e. The first-order chi connectivity index (χ1) is 17.9. The second kappa shape index (κ2) is 10.8. The smallest absolute Gasteiger partial charge is 0.319 e. The SMILES string of the molecule is CP(C)(=O)c1ccccc1-c1ccc(N2CC[C@@H](NC(=O)Nc3ccc(Cl)cc3F)C2=O)c(F)c1C(F)F. The Morgan fingerprint density at radius 1 is 1.08 bits per heavy atom. The molecule has 0 saturated carbocycles. The molecule has 0 aromatic heterocycles. The van der Waals surface area contributed by atoms with Crippen LogP contribution in [0.4, 0.5) is 33.7 Å². The molecule has 0 radical (unpaired) electrons. The number of carbonyl (C=O) groups excluding carboxylic acids is 2. The summed E-state index contributed by atoms with van der Waals surface area (Å²) in [5, 5.41) is 5.13. The van der Waals surface area contributed by atoms with Gasteiger partial charge in [0.05, 0.1) is 16.9 Å². The predicted octanol–water partition coefficient (Wildman–Crippen LogP) is 6.40. The Morgan fingerprint density at radius 2 is 1.79 bits per heavy atom. The molecule has 3 aromatic carbocycles. The first kappa shape index (κ1) is 27.7. The Morgan fingerprint density at radius 3 is 2.45 bits per heavy atom. The van der Waals surface area contributed by atoms with E-state index in [9.17, 15) is 27.3 Å². The van der Waals surface area contributed by atoms with Gasteiger partial charge in [0, 0.05) is 16.9 Å². The minimum atomic E-state index is -3.22. The summed E-state index contributed by atoms with van der Waals surface area (Å²) in [5.41, 5.74) is -1.34. The predicted molar refractivity (Wildman–Crippen MR) is 140 cm³/mol. The Hall–Kier alpha value is -3.36. The van der Waals surface area contributed by atoms with Gasteiger partial charge < -0.3 is 20.1 Å². The van der Waals surface area contributed by atoms with Crippen LogP contribution in [0.3, 0.4) is 0 Å². The number of hydrogen-bond acceptors (Lipinski definition) is 3. The summed E-state index contributed by atoms with van der Waals surface area (Å²) >= 11 is 5.69. The molecule has 200 valence electrons. The molecule has 1 aliphatic heterocycles. The zero-order valence-electron chi connectivity index (χ0n) is 20.3. The zero-order valence-corrected chi connectivity index (χ0v) is 21.9. The van der Waals surface area contributed by atoms with Crippen molar-refractivity contribution < 1.29 is 31.7 Å². The second-order valence-corrected chi connectivity index (χ2v) is 12.7. The van der Waals surface area contributed by atoms with Crippen LogP contribution < -0.4 is 20.8 Å². The first-order valence-corrected chi connectivity index (χ1v) is 14.5. The highest BCUT2D eigenvalue weighted by atomic mass is 35.5. The van der Waals surface area contributed by atoms with Crippen molar-refractivity contribution in [1.82, 2.24) is 5.32 Å². The molecule has 6 nitrogen and oxygen atoms in total. The summed E-state index contributed by atoms with van der Waals surface area (Å²) < 4.78 is 70.6. The van der Waals surface area contributed by atoms with Gasteiger partial charge in [-0.15, -0.1) is 0 Å². The summed E-state index contributed by atoms with van der Waals surface area (Å²) in [6.07, 6.45) is -3.16. The van der Waals surface area contributed by atoms with Crippen molar-refractivity contribution in [2.24, 2.45) is 0 Å². The van der Waals surface area contributed by atoms with Gasteiger partial charge in [-0.25, -0.2) is 22.4 Å². The maximum absolute atomic E-state index is 15.6. The monoisotopic (exact) mass is 567 g/mol. The average molecular weight is 568 g/mol. The molecular weight excluding hydrogens is 545 g/mol. The molecule has 0 bridgehead atoms. The van der Waals surface area contributed by atoms with E-state index >= 15 is 4.39 Å². The number of alkyl halides is 2. The number of nitrogens with one attached hydrogen (secondary N) is 2. The first-order valence-electron chi connectivity index (χ1n) is 11.5. The quantitative estimate of drug-likeness (QED) is 0.267. The molecule has 4 rings (SSSR count). The molecule has 38 heavy (non-hydrogen) atoms. The van der Waals surface area contributed by atoms with Gasteiger partial charge in [-0.05, 0) is 55.1 Å². The van der Waals surface area contributed by atoms with Crippen molar-refractivity contribution in [2.45, 2.75) is 18.9 Å². The third-order valence-electron chi connectivity index (χ3n) is 6.13. The largest absolute Gasteiger partial charge is 0.326 e. The highest BCUT2D eigenvalue weighted by Crippen LogP contribution is 2.43. The summed E-state index contributed by atoms with van der Waals surface area (Å²) in [6.45, 7) is 2.94. The van der Waals surface area contributed by atoms with E-state index < -0.39 is 48.7 Å². The number of urea groups is 1. The van der Waals surface area contributed by atoms with Crippen molar-refractivity contribution in [3.8, 4) is 11.1 Å². The van der Waals surface area contributed by atoms with Crippen LogP contribution >= 0.6 is 18.7 Å². The van der Waals surface area contributed by atoms with E-state index in [2.05, 4.69) is 10.6 Å². The highest BCUT2D eigenvalue weighted by molar-refractivity contribution is 7.70. The van der Waals surface area contributed by atoms with Crippen LogP contribution in [0.2, 0.25) is 5.02 Å². The number of anilines is 2. The third-order valence-corrected chi connectivity index (χ3v) is 7.92. The molecule has 0 unspecified atom stereocenters. The topological polar surface area (TPSA) is 78.5 Å². The minimum absolute atomic E-state index is 0.0479. The molecule has 2 N–H and O–H groups in total.